The van der Waals surface area contributed by atoms with Crippen molar-refractivity contribution in [3.63, 3.8) is 0 Å². The molecule has 1 heterocycles. The second-order valence-corrected chi connectivity index (χ2v) is 3.89. The van der Waals surface area contributed by atoms with Gasteiger partial charge in [-0.1, -0.05) is 18.2 Å². The highest BCUT2D eigenvalue weighted by atomic mass is 16.5. The van der Waals surface area contributed by atoms with Gasteiger partial charge in [-0.3, -0.25) is 0 Å². The monoisotopic (exact) mass is 244 g/mol. The summed E-state index contributed by atoms with van der Waals surface area (Å²) in [5, 5.41) is 0. The number of hydrogen-bond acceptors (Lipinski definition) is 4. The Morgan fingerprint density at radius 2 is 2.06 bits per heavy atom. The fraction of sp³-hybridized carbons (Fsp3) is 0.214. The van der Waals surface area contributed by atoms with Gasteiger partial charge in [-0.15, -0.1) is 0 Å². The van der Waals surface area contributed by atoms with E-state index in [4.69, 9.17) is 15.2 Å². The highest BCUT2D eigenvalue weighted by Crippen LogP contribution is 2.15. The number of nitrogens with two attached hydrogens (primary N) is 1. The molecule has 0 aliphatic rings. The second-order valence-electron chi connectivity index (χ2n) is 3.89. The summed E-state index contributed by atoms with van der Waals surface area (Å²) in [5.41, 5.74) is 7.70. The molecule has 18 heavy (non-hydrogen) atoms. The molecule has 0 saturated heterocycles. The molecule has 2 rings (SSSR count). The lowest BCUT2D eigenvalue weighted by molar-refractivity contribution is 0.107. The molecule has 2 N–H and O–H groups in total. The van der Waals surface area contributed by atoms with Gasteiger partial charge >= 0.3 is 0 Å². The van der Waals surface area contributed by atoms with Crippen LogP contribution in [0, 0.1) is 0 Å². The normalized spacial score (nSPS) is 10.3. The van der Waals surface area contributed by atoms with Crippen molar-refractivity contribution < 1.29 is 9.47 Å². The zero-order valence-corrected chi connectivity index (χ0v) is 10.3. The van der Waals surface area contributed by atoms with Gasteiger partial charge in [0.05, 0.1) is 20.3 Å². The van der Waals surface area contributed by atoms with Crippen molar-refractivity contribution in [1.82, 2.24) is 4.98 Å². The minimum atomic E-state index is 0.455. The molecule has 0 aliphatic carbocycles. The summed E-state index contributed by atoms with van der Waals surface area (Å²) < 4.78 is 10.8. The summed E-state index contributed by atoms with van der Waals surface area (Å²) in [7, 11) is 1.65. The van der Waals surface area contributed by atoms with Gasteiger partial charge in [0.1, 0.15) is 11.6 Å². The molecule has 0 fully saturated rings. The fourth-order valence-corrected chi connectivity index (χ4v) is 1.61. The van der Waals surface area contributed by atoms with E-state index in [1.54, 1.807) is 13.3 Å². The van der Waals surface area contributed by atoms with Gasteiger partial charge in [-0.25, -0.2) is 4.98 Å². The van der Waals surface area contributed by atoms with E-state index in [9.17, 15) is 0 Å². The van der Waals surface area contributed by atoms with Crippen LogP contribution in [0.25, 0.3) is 0 Å². The Balaban J connectivity index is 1.90. The smallest absolute Gasteiger partial charge is 0.128 e. The third-order valence-corrected chi connectivity index (χ3v) is 2.59. The first-order chi connectivity index (χ1) is 8.79. The van der Waals surface area contributed by atoms with Crippen LogP contribution in [0.3, 0.4) is 0 Å². The predicted octanol–water partition coefficient (Wildman–Crippen LogP) is 2.39. The van der Waals surface area contributed by atoms with Crippen LogP contribution in [0.5, 0.6) is 5.75 Å². The number of rotatable bonds is 5. The summed E-state index contributed by atoms with van der Waals surface area (Å²) >= 11 is 0. The lowest BCUT2D eigenvalue weighted by Crippen LogP contribution is -2.00. The Labute approximate surface area is 106 Å². The molecule has 0 saturated carbocycles. The van der Waals surface area contributed by atoms with Crippen molar-refractivity contribution in [3.8, 4) is 5.75 Å². The van der Waals surface area contributed by atoms with Crippen LogP contribution in [0.1, 0.15) is 11.1 Å². The van der Waals surface area contributed by atoms with Gasteiger partial charge in [-0.2, -0.15) is 0 Å². The van der Waals surface area contributed by atoms with Crippen molar-refractivity contribution in [2.24, 2.45) is 0 Å². The van der Waals surface area contributed by atoms with Crippen LogP contribution >= 0.6 is 0 Å². The molecule has 0 spiro atoms. The van der Waals surface area contributed by atoms with E-state index < -0.39 is 0 Å². The van der Waals surface area contributed by atoms with Crippen molar-refractivity contribution in [3.05, 3.63) is 53.7 Å². The maximum atomic E-state index is 5.73. The van der Waals surface area contributed by atoms with E-state index in [0.29, 0.717) is 19.0 Å². The van der Waals surface area contributed by atoms with E-state index in [-0.39, 0.29) is 0 Å². The van der Waals surface area contributed by atoms with Crippen LogP contribution in [0.4, 0.5) is 5.82 Å². The van der Waals surface area contributed by atoms with Gasteiger partial charge in [0.2, 0.25) is 0 Å². The molecule has 0 radical (unpaired) electrons. The van der Waals surface area contributed by atoms with E-state index in [1.165, 1.54) is 0 Å². The highest BCUT2D eigenvalue weighted by molar-refractivity contribution is 5.37. The zero-order valence-electron chi connectivity index (χ0n) is 10.3. The summed E-state index contributed by atoms with van der Waals surface area (Å²) in [5.74, 6) is 1.35. The van der Waals surface area contributed by atoms with E-state index >= 15 is 0 Å². The summed E-state index contributed by atoms with van der Waals surface area (Å²) in [4.78, 5) is 4.01. The minimum Gasteiger partial charge on any atom is -0.497 e. The maximum absolute atomic E-state index is 5.73. The fourth-order valence-electron chi connectivity index (χ4n) is 1.61. The van der Waals surface area contributed by atoms with E-state index in [1.807, 2.05) is 36.4 Å². The summed E-state index contributed by atoms with van der Waals surface area (Å²) in [6.45, 7) is 0.975. The Morgan fingerprint density at radius 3 is 2.83 bits per heavy atom. The number of nitrogens with zero attached hydrogens (tertiary/aromatic N) is 1. The molecule has 94 valence electrons. The molecule has 4 nitrogen and oxygen atoms in total. The Hall–Kier alpha value is -2.07. The molecule has 0 amide bonds. The van der Waals surface area contributed by atoms with Crippen LogP contribution < -0.4 is 10.5 Å². The summed E-state index contributed by atoms with van der Waals surface area (Å²) in [6, 6.07) is 11.6. The first-order valence-electron chi connectivity index (χ1n) is 5.69. The van der Waals surface area contributed by atoms with E-state index in [0.717, 1.165) is 16.9 Å². The first-order valence-corrected chi connectivity index (χ1v) is 5.69. The number of nitrogen functional groups attached to an aromatic ring is 1. The molecule has 2 aromatic rings. The number of methoxy groups -OCH3 is 1. The first kappa shape index (κ1) is 12.4. The topological polar surface area (TPSA) is 57.4 Å². The van der Waals surface area contributed by atoms with Crippen LogP contribution in [0.2, 0.25) is 0 Å². The molecule has 0 atom stereocenters. The Kier molecular flexibility index (Phi) is 4.15. The van der Waals surface area contributed by atoms with Gasteiger partial charge in [0.15, 0.2) is 0 Å². The lowest BCUT2D eigenvalue weighted by Gasteiger charge is -2.07. The molecule has 4 heteroatoms. The van der Waals surface area contributed by atoms with Crippen LogP contribution in [0.15, 0.2) is 42.6 Å². The number of pyridine rings is 1. The number of aromatic nitrogens is 1. The second kappa shape index (κ2) is 6.02. The number of anilines is 1. The minimum absolute atomic E-state index is 0.455. The molecule has 0 unspecified atom stereocenters. The van der Waals surface area contributed by atoms with Gasteiger partial charge in [0.25, 0.3) is 0 Å². The molecule has 0 aliphatic heterocycles. The van der Waals surface area contributed by atoms with Crippen molar-refractivity contribution >= 4 is 5.82 Å². The maximum Gasteiger partial charge on any atom is 0.128 e. The van der Waals surface area contributed by atoms with Gasteiger partial charge in [0, 0.05) is 11.8 Å². The van der Waals surface area contributed by atoms with Crippen molar-refractivity contribution in [2.45, 2.75) is 13.2 Å². The van der Waals surface area contributed by atoms with Gasteiger partial charge < -0.3 is 15.2 Å². The average Bonchev–Trinajstić information content (AvgIpc) is 2.41. The predicted molar refractivity (Wildman–Crippen MR) is 70.1 cm³/mol. The van der Waals surface area contributed by atoms with E-state index in [2.05, 4.69) is 4.98 Å². The molecule has 1 aromatic heterocycles. The molecular weight excluding hydrogens is 228 g/mol. The lowest BCUT2D eigenvalue weighted by atomic mass is 10.2. The van der Waals surface area contributed by atoms with Crippen molar-refractivity contribution in [1.29, 1.82) is 0 Å². The Morgan fingerprint density at radius 1 is 1.17 bits per heavy atom. The molecule has 0 bridgehead atoms. The third-order valence-electron chi connectivity index (χ3n) is 2.59. The SMILES string of the molecule is COc1cccc(COCc2cccnc2N)c1. The molecular formula is C14H16N2O2. The number of benzene rings is 1. The number of hydrogen-bond donors (Lipinski definition) is 1. The van der Waals surface area contributed by atoms with Crippen LogP contribution in [-0.2, 0) is 18.0 Å². The summed E-state index contributed by atoms with van der Waals surface area (Å²) in [6.07, 6.45) is 1.67. The largest absolute Gasteiger partial charge is 0.497 e. The average molecular weight is 244 g/mol. The van der Waals surface area contributed by atoms with Crippen molar-refractivity contribution in [2.75, 3.05) is 12.8 Å². The standard InChI is InChI=1S/C14H16N2O2/c1-17-13-6-2-4-11(8-13)9-18-10-12-5-3-7-16-14(12)15/h2-8H,9-10H2,1H3,(H2,15,16). The zero-order chi connectivity index (χ0) is 12.8. The quantitative estimate of drug-likeness (QED) is 0.877. The Bertz CT molecular complexity index is 515. The van der Waals surface area contributed by atoms with Gasteiger partial charge in [-0.05, 0) is 23.8 Å². The number of ether oxygens (including phenoxy) is 2. The van der Waals surface area contributed by atoms with Crippen LogP contribution in [-0.4, -0.2) is 12.1 Å². The molecule has 1 aromatic carbocycles. The highest BCUT2D eigenvalue weighted by Gasteiger charge is 2.00. The third kappa shape index (κ3) is 3.21.